The second-order valence-corrected chi connectivity index (χ2v) is 5.22. The van der Waals surface area contributed by atoms with E-state index in [4.69, 9.17) is 0 Å². The Bertz CT molecular complexity index is 704. The van der Waals surface area contributed by atoms with Gasteiger partial charge in [0.1, 0.15) is 0 Å². The number of hydrazine groups is 1. The lowest BCUT2D eigenvalue weighted by Crippen LogP contribution is -2.46. The van der Waals surface area contributed by atoms with Crippen molar-refractivity contribution in [2.24, 2.45) is 0 Å². The molecule has 1 aliphatic heterocycles. The fourth-order valence-electron chi connectivity index (χ4n) is 2.76. The number of nitro groups is 1. The number of non-ortho nitro benzene ring substituents is 1. The summed E-state index contributed by atoms with van der Waals surface area (Å²) in [5.74, 6) is -0.149. The third kappa shape index (κ3) is 2.56. The number of fused-ring (bicyclic) bond motifs is 1. The maximum absolute atomic E-state index is 11.5. The van der Waals surface area contributed by atoms with Gasteiger partial charge in [0.15, 0.2) is 0 Å². The van der Waals surface area contributed by atoms with E-state index in [0.29, 0.717) is 0 Å². The van der Waals surface area contributed by atoms with Gasteiger partial charge >= 0.3 is 0 Å². The SMILES string of the molecule is CC(=O)NN1[C@H]2C=CC=CC2=C[C@H]1c1ccc([N+](=O)[O-])cc1. The Balaban J connectivity index is 1.94. The molecular formula is C16H15N3O3. The summed E-state index contributed by atoms with van der Waals surface area (Å²) >= 11 is 0. The minimum absolute atomic E-state index is 0.0194. The molecule has 22 heavy (non-hydrogen) atoms. The fourth-order valence-corrected chi connectivity index (χ4v) is 2.76. The number of amides is 1. The molecule has 2 atom stereocenters. The topological polar surface area (TPSA) is 75.5 Å². The maximum atomic E-state index is 11.5. The highest BCUT2D eigenvalue weighted by Crippen LogP contribution is 2.36. The van der Waals surface area contributed by atoms with Gasteiger partial charge in [0, 0.05) is 19.1 Å². The summed E-state index contributed by atoms with van der Waals surface area (Å²) in [6, 6.07) is 6.23. The third-order valence-electron chi connectivity index (χ3n) is 3.72. The number of allylic oxidation sites excluding steroid dienone is 2. The number of nitro benzene ring substituents is 1. The van der Waals surface area contributed by atoms with Crippen LogP contribution >= 0.6 is 0 Å². The van der Waals surface area contributed by atoms with Crippen molar-refractivity contribution in [1.29, 1.82) is 0 Å². The highest BCUT2D eigenvalue weighted by atomic mass is 16.6. The predicted octanol–water partition coefficient (Wildman–Crippen LogP) is 2.42. The number of nitrogens with zero attached hydrogens (tertiary/aromatic N) is 2. The largest absolute Gasteiger partial charge is 0.287 e. The van der Waals surface area contributed by atoms with Gasteiger partial charge in [-0.1, -0.05) is 42.5 Å². The van der Waals surface area contributed by atoms with Crippen LogP contribution in [0.1, 0.15) is 18.5 Å². The summed E-state index contributed by atoms with van der Waals surface area (Å²) in [5, 5.41) is 12.6. The summed E-state index contributed by atoms with van der Waals surface area (Å²) in [6.45, 7) is 1.47. The summed E-state index contributed by atoms with van der Waals surface area (Å²) in [4.78, 5) is 21.8. The van der Waals surface area contributed by atoms with Gasteiger partial charge < -0.3 is 0 Å². The van der Waals surface area contributed by atoms with E-state index in [1.165, 1.54) is 19.1 Å². The lowest BCUT2D eigenvalue weighted by molar-refractivity contribution is -0.384. The monoisotopic (exact) mass is 297 g/mol. The average Bonchev–Trinajstić information content (AvgIpc) is 2.86. The molecule has 6 heteroatoms. The zero-order chi connectivity index (χ0) is 15.7. The molecule has 6 nitrogen and oxygen atoms in total. The van der Waals surface area contributed by atoms with Crippen molar-refractivity contribution in [1.82, 2.24) is 10.4 Å². The summed E-state index contributed by atoms with van der Waals surface area (Å²) < 4.78 is 0. The molecule has 1 aliphatic carbocycles. The van der Waals surface area contributed by atoms with Gasteiger partial charge in [-0.05, 0) is 11.1 Å². The molecule has 1 aromatic carbocycles. The Kier molecular flexibility index (Phi) is 3.60. The van der Waals surface area contributed by atoms with E-state index in [0.717, 1.165) is 11.1 Å². The van der Waals surface area contributed by atoms with Crippen molar-refractivity contribution >= 4 is 11.6 Å². The van der Waals surface area contributed by atoms with Gasteiger partial charge in [-0.25, -0.2) is 0 Å². The van der Waals surface area contributed by atoms with E-state index in [-0.39, 0.29) is 23.7 Å². The van der Waals surface area contributed by atoms with Crippen molar-refractivity contribution in [2.45, 2.75) is 19.0 Å². The van der Waals surface area contributed by atoms with Gasteiger partial charge in [-0.15, -0.1) is 0 Å². The lowest BCUT2D eigenvalue weighted by atomic mass is 10.0. The standard InChI is InChI=1S/C16H15N3O3/c1-11(20)17-18-15-5-3-2-4-13(15)10-16(18)12-6-8-14(9-7-12)19(21)22/h2-10,15-16H,1H3,(H,17,20)/t15-,16-/m0/s1. The Labute approximate surface area is 127 Å². The van der Waals surface area contributed by atoms with Crippen LogP contribution < -0.4 is 5.43 Å². The molecule has 0 saturated carbocycles. The number of hydrogen-bond donors (Lipinski definition) is 1. The van der Waals surface area contributed by atoms with Crippen LogP contribution in [0.2, 0.25) is 0 Å². The lowest BCUT2D eigenvalue weighted by Gasteiger charge is -2.30. The molecule has 0 fully saturated rings. The fraction of sp³-hybridized carbons (Fsp3) is 0.188. The molecule has 0 saturated heterocycles. The number of nitrogens with one attached hydrogen (secondary N) is 1. The molecule has 1 aromatic rings. The first kappa shape index (κ1) is 14.2. The van der Waals surface area contributed by atoms with Gasteiger partial charge in [0.05, 0.1) is 17.0 Å². The third-order valence-corrected chi connectivity index (χ3v) is 3.72. The normalized spacial score (nSPS) is 23.0. The second-order valence-electron chi connectivity index (χ2n) is 5.22. The van der Waals surface area contributed by atoms with Crippen LogP contribution in [0, 0.1) is 10.1 Å². The van der Waals surface area contributed by atoms with Crippen LogP contribution in [0.4, 0.5) is 5.69 Å². The molecule has 0 aromatic heterocycles. The zero-order valence-corrected chi connectivity index (χ0v) is 12.0. The number of carbonyl (C=O) groups excluding carboxylic acids is 1. The summed E-state index contributed by atoms with van der Waals surface area (Å²) in [5.41, 5.74) is 4.89. The Morgan fingerprint density at radius 2 is 1.95 bits per heavy atom. The number of rotatable bonds is 3. The quantitative estimate of drug-likeness (QED) is 0.686. The molecule has 1 heterocycles. The maximum Gasteiger partial charge on any atom is 0.269 e. The summed E-state index contributed by atoms with van der Waals surface area (Å²) in [6.07, 6.45) is 9.96. The van der Waals surface area contributed by atoms with Crippen molar-refractivity contribution < 1.29 is 9.72 Å². The van der Waals surface area contributed by atoms with Crippen LogP contribution in [0.15, 0.2) is 60.2 Å². The van der Waals surface area contributed by atoms with Crippen molar-refractivity contribution in [2.75, 3.05) is 0 Å². The molecule has 0 radical (unpaired) electrons. The number of benzene rings is 1. The Morgan fingerprint density at radius 3 is 2.59 bits per heavy atom. The van der Waals surface area contributed by atoms with Crippen LogP contribution in [0.5, 0.6) is 0 Å². The highest BCUT2D eigenvalue weighted by Gasteiger charge is 2.34. The molecule has 2 aliphatic rings. The Morgan fingerprint density at radius 1 is 1.23 bits per heavy atom. The molecule has 0 bridgehead atoms. The molecule has 1 amide bonds. The minimum atomic E-state index is -0.423. The predicted molar refractivity (Wildman–Crippen MR) is 81.6 cm³/mol. The van der Waals surface area contributed by atoms with Crippen molar-refractivity contribution in [3.8, 4) is 0 Å². The van der Waals surface area contributed by atoms with E-state index in [1.807, 2.05) is 29.3 Å². The van der Waals surface area contributed by atoms with Crippen LogP contribution in [-0.4, -0.2) is 21.9 Å². The van der Waals surface area contributed by atoms with Crippen LogP contribution in [0.25, 0.3) is 0 Å². The number of hydrogen-bond acceptors (Lipinski definition) is 4. The van der Waals surface area contributed by atoms with E-state index in [9.17, 15) is 14.9 Å². The van der Waals surface area contributed by atoms with E-state index in [1.54, 1.807) is 12.1 Å². The molecule has 1 N–H and O–H groups in total. The van der Waals surface area contributed by atoms with Gasteiger partial charge in [-0.3, -0.25) is 20.3 Å². The molecule has 112 valence electrons. The van der Waals surface area contributed by atoms with Gasteiger partial charge in [0.2, 0.25) is 5.91 Å². The van der Waals surface area contributed by atoms with Gasteiger partial charge in [0.25, 0.3) is 5.69 Å². The molecule has 3 rings (SSSR count). The molecular weight excluding hydrogens is 282 g/mol. The first-order chi connectivity index (χ1) is 10.6. The Hall–Kier alpha value is -2.73. The smallest absolute Gasteiger partial charge is 0.269 e. The van der Waals surface area contributed by atoms with Crippen LogP contribution in [-0.2, 0) is 4.79 Å². The molecule has 0 unspecified atom stereocenters. The highest BCUT2D eigenvalue weighted by molar-refractivity contribution is 5.72. The zero-order valence-electron chi connectivity index (χ0n) is 12.0. The van der Waals surface area contributed by atoms with Crippen LogP contribution in [0.3, 0.4) is 0 Å². The molecule has 0 spiro atoms. The first-order valence-corrected chi connectivity index (χ1v) is 6.93. The average molecular weight is 297 g/mol. The minimum Gasteiger partial charge on any atom is -0.287 e. The van der Waals surface area contributed by atoms with E-state index in [2.05, 4.69) is 11.5 Å². The van der Waals surface area contributed by atoms with Crippen molar-refractivity contribution in [3.05, 3.63) is 75.9 Å². The summed E-state index contributed by atoms with van der Waals surface area (Å²) in [7, 11) is 0. The van der Waals surface area contributed by atoms with Crippen molar-refractivity contribution in [3.63, 3.8) is 0 Å². The van der Waals surface area contributed by atoms with E-state index >= 15 is 0 Å². The van der Waals surface area contributed by atoms with Gasteiger partial charge in [-0.2, -0.15) is 5.01 Å². The number of carbonyl (C=O) groups is 1. The first-order valence-electron chi connectivity index (χ1n) is 6.93. The second kappa shape index (κ2) is 5.57. The van der Waals surface area contributed by atoms with E-state index < -0.39 is 4.92 Å².